The molecule has 0 fully saturated rings. The van der Waals surface area contributed by atoms with Crippen molar-refractivity contribution in [1.29, 1.82) is 0 Å². The maximum Gasteiger partial charge on any atom is 0.125 e. The highest BCUT2D eigenvalue weighted by atomic mass is 16.3. The number of allylic oxidation sites excluding steroid dienone is 1. The van der Waals surface area contributed by atoms with E-state index in [2.05, 4.69) is 32.3 Å². The molecule has 0 saturated carbocycles. The predicted octanol–water partition coefficient (Wildman–Crippen LogP) is 2.51. The minimum absolute atomic E-state index is 0.752. The summed E-state index contributed by atoms with van der Waals surface area (Å²) >= 11 is 0. The molecular formula is C11H18O. The summed E-state index contributed by atoms with van der Waals surface area (Å²) in [7, 11) is 0. The van der Waals surface area contributed by atoms with Crippen molar-refractivity contribution < 1.29 is 5.11 Å². The van der Waals surface area contributed by atoms with Crippen molar-refractivity contribution in [3.63, 3.8) is 0 Å². The van der Waals surface area contributed by atoms with Crippen molar-refractivity contribution in [3.8, 4) is 11.8 Å². The molecule has 0 heterocycles. The Morgan fingerprint density at radius 3 is 2.17 bits per heavy atom. The topological polar surface area (TPSA) is 20.2 Å². The van der Waals surface area contributed by atoms with Crippen molar-refractivity contribution in [2.45, 2.75) is 45.1 Å². The first-order valence-electron chi connectivity index (χ1n) is 4.54. The molecular weight excluding hydrogens is 148 g/mol. The minimum Gasteiger partial charge on any atom is -0.378 e. The van der Waals surface area contributed by atoms with E-state index < -0.39 is 5.60 Å². The van der Waals surface area contributed by atoms with Crippen LogP contribution in [0.25, 0.3) is 0 Å². The van der Waals surface area contributed by atoms with Crippen LogP contribution in [-0.2, 0) is 0 Å². The Morgan fingerprint density at radius 1 is 1.33 bits per heavy atom. The molecule has 0 aliphatic carbocycles. The first-order valence-corrected chi connectivity index (χ1v) is 4.54. The standard InChI is InChI=1S/C11H18O/c1-4-7-10-11(12,8-5-2)9-6-3/h4,12H,1,5-6,8-9H2,2-3H3. The zero-order valence-electron chi connectivity index (χ0n) is 8.06. The summed E-state index contributed by atoms with van der Waals surface area (Å²) in [6.07, 6.45) is 4.95. The fourth-order valence-corrected chi connectivity index (χ4v) is 1.26. The lowest BCUT2D eigenvalue weighted by Gasteiger charge is -2.20. The number of hydrogen-bond acceptors (Lipinski definition) is 1. The summed E-state index contributed by atoms with van der Waals surface area (Å²) in [5.41, 5.74) is -0.780. The van der Waals surface area contributed by atoms with Gasteiger partial charge in [0.15, 0.2) is 0 Å². The molecule has 0 bridgehead atoms. The van der Waals surface area contributed by atoms with E-state index >= 15 is 0 Å². The molecule has 0 aliphatic heterocycles. The Balaban J connectivity index is 4.26. The second-order valence-corrected chi connectivity index (χ2v) is 3.01. The van der Waals surface area contributed by atoms with Gasteiger partial charge in [-0.2, -0.15) is 0 Å². The summed E-state index contributed by atoms with van der Waals surface area (Å²) < 4.78 is 0. The molecule has 0 unspecified atom stereocenters. The average molecular weight is 166 g/mol. The fourth-order valence-electron chi connectivity index (χ4n) is 1.26. The average Bonchev–Trinajstić information content (AvgIpc) is 2.02. The van der Waals surface area contributed by atoms with Crippen molar-refractivity contribution in [3.05, 3.63) is 12.7 Å². The van der Waals surface area contributed by atoms with Gasteiger partial charge in [0.1, 0.15) is 5.60 Å². The van der Waals surface area contributed by atoms with Gasteiger partial charge < -0.3 is 5.11 Å². The van der Waals surface area contributed by atoms with Crippen LogP contribution in [0.2, 0.25) is 0 Å². The Bertz CT molecular complexity index is 177. The summed E-state index contributed by atoms with van der Waals surface area (Å²) in [6, 6.07) is 0. The van der Waals surface area contributed by atoms with E-state index in [1.54, 1.807) is 0 Å². The molecule has 68 valence electrons. The Kier molecular flexibility index (Phi) is 5.49. The molecule has 12 heavy (non-hydrogen) atoms. The van der Waals surface area contributed by atoms with Crippen LogP contribution in [0.4, 0.5) is 0 Å². The Labute approximate surface area is 75.5 Å². The maximum absolute atomic E-state index is 9.92. The first kappa shape index (κ1) is 11.3. The Morgan fingerprint density at radius 2 is 1.83 bits per heavy atom. The third kappa shape index (κ3) is 4.20. The maximum atomic E-state index is 9.92. The van der Waals surface area contributed by atoms with E-state index in [1.807, 2.05) is 0 Å². The zero-order valence-corrected chi connectivity index (χ0v) is 8.06. The number of hydrogen-bond donors (Lipinski definition) is 1. The van der Waals surface area contributed by atoms with E-state index in [0.717, 1.165) is 25.7 Å². The summed E-state index contributed by atoms with van der Waals surface area (Å²) in [5, 5.41) is 9.92. The number of aliphatic hydroxyl groups is 1. The van der Waals surface area contributed by atoms with Crippen molar-refractivity contribution >= 4 is 0 Å². The van der Waals surface area contributed by atoms with Gasteiger partial charge >= 0.3 is 0 Å². The molecule has 0 radical (unpaired) electrons. The van der Waals surface area contributed by atoms with Crippen LogP contribution in [0, 0.1) is 11.8 Å². The summed E-state index contributed by atoms with van der Waals surface area (Å²) in [5.74, 6) is 5.56. The fraction of sp³-hybridized carbons (Fsp3) is 0.636. The lowest BCUT2D eigenvalue weighted by molar-refractivity contribution is 0.0807. The SMILES string of the molecule is C=CC#CC(O)(CCC)CCC. The van der Waals surface area contributed by atoms with Gasteiger partial charge in [-0.3, -0.25) is 0 Å². The molecule has 0 aromatic rings. The van der Waals surface area contributed by atoms with Gasteiger partial charge in [-0.15, -0.1) is 0 Å². The molecule has 0 atom stereocenters. The van der Waals surface area contributed by atoms with Gasteiger partial charge in [-0.1, -0.05) is 45.1 Å². The summed E-state index contributed by atoms with van der Waals surface area (Å²) in [6.45, 7) is 7.60. The molecule has 0 aromatic carbocycles. The van der Waals surface area contributed by atoms with Crippen LogP contribution in [-0.4, -0.2) is 10.7 Å². The molecule has 0 saturated heterocycles. The zero-order chi connectivity index (χ0) is 9.45. The van der Waals surface area contributed by atoms with Crippen molar-refractivity contribution in [2.24, 2.45) is 0 Å². The predicted molar refractivity (Wildman–Crippen MR) is 52.7 cm³/mol. The highest BCUT2D eigenvalue weighted by Crippen LogP contribution is 2.17. The van der Waals surface area contributed by atoms with E-state index in [4.69, 9.17) is 0 Å². The molecule has 0 aromatic heterocycles. The highest BCUT2D eigenvalue weighted by Gasteiger charge is 2.20. The van der Waals surface area contributed by atoms with Crippen LogP contribution < -0.4 is 0 Å². The van der Waals surface area contributed by atoms with Gasteiger partial charge in [-0.05, 0) is 18.9 Å². The normalized spacial score (nSPS) is 10.2. The van der Waals surface area contributed by atoms with E-state index in [9.17, 15) is 5.11 Å². The van der Waals surface area contributed by atoms with Crippen LogP contribution in [0.5, 0.6) is 0 Å². The molecule has 1 heteroatoms. The van der Waals surface area contributed by atoms with Crippen LogP contribution in [0.3, 0.4) is 0 Å². The van der Waals surface area contributed by atoms with Gasteiger partial charge in [0.2, 0.25) is 0 Å². The van der Waals surface area contributed by atoms with E-state index in [0.29, 0.717) is 0 Å². The largest absolute Gasteiger partial charge is 0.378 e. The monoisotopic (exact) mass is 166 g/mol. The third-order valence-electron chi connectivity index (χ3n) is 1.73. The smallest absolute Gasteiger partial charge is 0.125 e. The minimum atomic E-state index is -0.780. The van der Waals surface area contributed by atoms with Crippen molar-refractivity contribution in [2.75, 3.05) is 0 Å². The third-order valence-corrected chi connectivity index (χ3v) is 1.73. The Hall–Kier alpha value is -0.740. The lowest BCUT2D eigenvalue weighted by Crippen LogP contribution is -2.25. The second-order valence-electron chi connectivity index (χ2n) is 3.01. The van der Waals surface area contributed by atoms with Crippen LogP contribution in [0.15, 0.2) is 12.7 Å². The van der Waals surface area contributed by atoms with Gasteiger partial charge in [-0.25, -0.2) is 0 Å². The van der Waals surface area contributed by atoms with Gasteiger partial charge in [0.05, 0.1) is 0 Å². The quantitative estimate of drug-likeness (QED) is 0.636. The second kappa shape index (κ2) is 5.85. The molecule has 0 spiro atoms. The van der Waals surface area contributed by atoms with Crippen LogP contribution >= 0.6 is 0 Å². The molecule has 1 nitrogen and oxygen atoms in total. The van der Waals surface area contributed by atoms with E-state index in [1.165, 1.54) is 6.08 Å². The van der Waals surface area contributed by atoms with Gasteiger partial charge in [0.25, 0.3) is 0 Å². The van der Waals surface area contributed by atoms with Crippen molar-refractivity contribution in [1.82, 2.24) is 0 Å². The lowest BCUT2D eigenvalue weighted by atomic mass is 9.93. The first-order chi connectivity index (χ1) is 5.68. The molecule has 0 amide bonds. The van der Waals surface area contributed by atoms with Crippen LogP contribution in [0.1, 0.15) is 39.5 Å². The molecule has 0 rings (SSSR count). The number of rotatable bonds is 4. The molecule has 1 N–H and O–H groups in total. The molecule has 0 aliphatic rings. The highest BCUT2D eigenvalue weighted by molar-refractivity contribution is 5.20. The van der Waals surface area contributed by atoms with E-state index in [-0.39, 0.29) is 0 Å². The van der Waals surface area contributed by atoms with Gasteiger partial charge in [0, 0.05) is 0 Å². The summed E-state index contributed by atoms with van der Waals surface area (Å²) in [4.78, 5) is 0.